The minimum absolute atomic E-state index is 0. The van der Waals surface area contributed by atoms with Gasteiger partial charge < -0.3 is 41.5 Å². The number of nitrogens with one attached hydrogen (secondary N) is 1. The van der Waals surface area contributed by atoms with Gasteiger partial charge in [-0.05, 0) is 0 Å². The van der Waals surface area contributed by atoms with E-state index < -0.39 is 55.0 Å². The quantitative estimate of drug-likeness (QED) is 0.236. The van der Waals surface area contributed by atoms with Gasteiger partial charge in [0.15, 0.2) is 5.97 Å². The Hall–Kier alpha value is -0.702. The first-order chi connectivity index (χ1) is 11.0. The Morgan fingerprint density at radius 1 is 1.32 bits per heavy atom. The minimum Gasteiger partial charge on any atom is -0.514 e. The number of aliphatic hydroxyl groups is 4. The van der Waals surface area contributed by atoms with E-state index >= 15 is 0 Å². The van der Waals surface area contributed by atoms with Crippen LogP contribution >= 0.6 is 0 Å². The molecule has 146 valence electrons. The van der Waals surface area contributed by atoms with Gasteiger partial charge in [0.1, 0.15) is 12.2 Å². The van der Waals surface area contributed by atoms with E-state index in [9.17, 15) is 24.9 Å². The fourth-order valence-electron chi connectivity index (χ4n) is 1.98. The van der Waals surface area contributed by atoms with Crippen LogP contribution in [0, 0.1) is 12.0 Å². The number of amides is 1. The molecular formula is C15H27NO8W. The Balaban J connectivity index is 0. The zero-order valence-corrected chi connectivity index (χ0v) is 17.6. The molecule has 0 aromatic carbocycles. The molecule has 5 atom stereocenters. The predicted molar refractivity (Wildman–Crippen MR) is 83.3 cm³/mol. The Morgan fingerprint density at radius 2 is 1.80 bits per heavy atom. The van der Waals surface area contributed by atoms with E-state index in [1.165, 1.54) is 12.8 Å². The number of carbonyl (C=O) groups is 2. The Kier molecular flexibility index (Phi) is 13.4. The van der Waals surface area contributed by atoms with Gasteiger partial charge in [-0.25, -0.2) is 0 Å². The van der Waals surface area contributed by atoms with Gasteiger partial charge in [-0.1, -0.05) is 0 Å². The number of carbonyl (C=O) groups excluding carboxylic acids is 1. The predicted octanol–water partition coefficient (Wildman–Crippen LogP) is -1.41. The first-order valence-electron chi connectivity index (χ1n) is 7.45. The van der Waals surface area contributed by atoms with Crippen LogP contribution in [0.2, 0.25) is 0 Å². The molecule has 1 amide bonds. The zero-order chi connectivity index (χ0) is 19.0. The number of ether oxygens (including phenoxy) is 1. The molecule has 1 fully saturated rings. The molecule has 0 spiro atoms. The van der Waals surface area contributed by atoms with Crippen molar-refractivity contribution in [3.05, 3.63) is 12.0 Å². The van der Waals surface area contributed by atoms with Crippen LogP contribution in [0.15, 0.2) is 0 Å². The van der Waals surface area contributed by atoms with Crippen LogP contribution in [0.4, 0.5) is 0 Å². The van der Waals surface area contributed by atoms with Gasteiger partial charge >= 0.3 is 21.1 Å². The molecule has 1 aliphatic rings. The van der Waals surface area contributed by atoms with Gasteiger partial charge in [0.05, 0.1) is 24.9 Å². The molecule has 25 heavy (non-hydrogen) atoms. The van der Waals surface area contributed by atoms with Crippen molar-refractivity contribution in [1.29, 1.82) is 0 Å². The van der Waals surface area contributed by atoms with Gasteiger partial charge in [-0.15, -0.1) is 6.42 Å². The molecule has 0 saturated carbocycles. The number of hydrogen-bond donors (Lipinski definition) is 6. The van der Waals surface area contributed by atoms with Crippen molar-refractivity contribution in [2.75, 3.05) is 6.61 Å². The molecule has 0 bridgehead atoms. The van der Waals surface area contributed by atoms with Crippen molar-refractivity contribution in [3.63, 3.8) is 0 Å². The van der Waals surface area contributed by atoms with E-state index in [2.05, 4.69) is 26.1 Å². The van der Waals surface area contributed by atoms with Crippen molar-refractivity contribution in [2.45, 2.75) is 64.6 Å². The van der Waals surface area contributed by atoms with Gasteiger partial charge in [0.25, 0.3) is 0 Å². The third-order valence-electron chi connectivity index (χ3n) is 2.97. The maximum Gasteiger partial charge on any atom is 2.00 e. The molecule has 1 heterocycles. The molecule has 10 heteroatoms. The summed E-state index contributed by atoms with van der Waals surface area (Å²) in [5.41, 5.74) is 0. The van der Waals surface area contributed by atoms with E-state index in [0.717, 1.165) is 0 Å². The van der Waals surface area contributed by atoms with Gasteiger partial charge in [0, 0.05) is 6.92 Å². The molecule has 6 N–H and O–H groups in total. The largest absolute Gasteiger partial charge is 2.00 e. The summed E-state index contributed by atoms with van der Waals surface area (Å²) < 4.78 is 5.04. The summed E-state index contributed by atoms with van der Waals surface area (Å²) >= 11 is 0. The molecule has 0 aliphatic carbocycles. The average molecular weight is 533 g/mol. The van der Waals surface area contributed by atoms with Crippen molar-refractivity contribution in [1.82, 2.24) is 5.32 Å². The van der Waals surface area contributed by atoms with Crippen LogP contribution in [-0.4, -0.2) is 74.5 Å². The monoisotopic (exact) mass is 533 g/mol. The van der Waals surface area contributed by atoms with E-state index in [0.29, 0.717) is 0 Å². The molecule has 1 saturated heterocycles. The number of carboxylic acid groups (broad SMARTS) is 1. The normalized spacial score (nSPS) is 25.2. The Labute approximate surface area is 161 Å². The summed E-state index contributed by atoms with van der Waals surface area (Å²) in [6.07, 6.45) is -6.81. The van der Waals surface area contributed by atoms with Crippen LogP contribution < -0.4 is 5.32 Å². The van der Waals surface area contributed by atoms with Crippen molar-refractivity contribution in [3.8, 4) is 0 Å². The summed E-state index contributed by atoms with van der Waals surface area (Å²) in [5, 5.41) is 49.1. The SMILES string of the molecule is CC(=O)N[C@H]1[C@H]([C@H](O)[C@H](O)CO)O[C-](C(=O)O)C[C@@H]1O.C[C-](C)C.[W+2]. The molecule has 0 radical (unpaired) electrons. The summed E-state index contributed by atoms with van der Waals surface area (Å²) in [7, 11) is 0. The van der Waals surface area contributed by atoms with E-state index in [1.807, 2.05) is 0 Å². The Morgan fingerprint density at radius 3 is 2.16 bits per heavy atom. The fourth-order valence-corrected chi connectivity index (χ4v) is 1.98. The third kappa shape index (κ3) is 9.53. The summed E-state index contributed by atoms with van der Waals surface area (Å²) in [4.78, 5) is 22.0. The molecule has 0 unspecified atom stereocenters. The summed E-state index contributed by atoms with van der Waals surface area (Å²) in [5.74, 6) is -0.520. The third-order valence-corrected chi connectivity index (χ3v) is 2.97. The van der Waals surface area contributed by atoms with Crippen molar-refractivity contribution >= 4 is 11.9 Å². The summed E-state index contributed by atoms with van der Waals surface area (Å²) in [6.45, 7) is 6.64. The van der Waals surface area contributed by atoms with Crippen LogP contribution in [-0.2, 0) is 35.4 Å². The van der Waals surface area contributed by atoms with Gasteiger partial charge in [-0.2, -0.15) is 26.9 Å². The topological polar surface area (TPSA) is 157 Å². The fraction of sp³-hybridized carbons (Fsp3) is 0.733. The minimum atomic E-state index is -1.68. The number of aliphatic hydroxyl groups excluding tert-OH is 4. The second-order valence-corrected chi connectivity index (χ2v) is 6.05. The second kappa shape index (κ2) is 12.6. The van der Waals surface area contributed by atoms with Crippen LogP contribution in [0.1, 0.15) is 34.1 Å². The average Bonchev–Trinajstić information content (AvgIpc) is 2.46. The maximum atomic E-state index is 11.1. The number of aliphatic carboxylic acids is 1. The number of hydrogen-bond acceptors (Lipinski definition) is 7. The van der Waals surface area contributed by atoms with Gasteiger partial charge in [-0.3, -0.25) is 9.59 Å². The summed E-state index contributed by atoms with van der Waals surface area (Å²) in [6, 6.07) is -1.10. The van der Waals surface area contributed by atoms with Crippen molar-refractivity contribution in [2.24, 2.45) is 0 Å². The maximum absolute atomic E-state index is 11.1. The number of rotatable bonds is 5. The molecule has 1 aliphatic heterocycles. The van der Waals surface area contributed by atoms with Crippen molar-refractivity contribution < 1.29 is 60.9 Å². The first-order valence-corrected chi connectivity index (χ1v) is 7.45. The molecule has 9 nitrogen and oxygen atoms in total. The molecule has 1 rings (SSSR count). The van der Waals surface area contributed by atoms with E-state index in [4.69, 9.17) is 14.9 Å². The van der Waals surface area contributed by atoms with Crippen LogP contribution in [0.25, 0.3) is 0 Å². The molecule has 0 aromatic rings. The molecule has 0 aromatic heterocycles. The first kappa shape index (κ1) is 26.5. The smallest absolute Gasteiger partial charge is 0.514 e. The molecular weight excluding hydrogens is 506 g/mol. The number of carboxylic acids is 1. The van der Waals surface area contributed by atoms with Crippen LogP contribution in [0.3, 0.4) is 0 Å². The van der Waals surface area contributed by atoms with E-state index in [1.54, 1.807) is 0 Å². The van der Waals surface area contributed by atoms with Gasteiger partial charge in [0.2, 0.25) is 5.91 Å². The standard InChI is InChI=1S/C11H18NO8.C4H9.W/c1-4(14)12-8-5(15)2-7(11(18)19)20-10(8)9(17)6(16)3-13;1-4(2)3;/h5-6,8-10,13,15-17H,2-3H2,1H3,(H,12,14)(H,18,19);1-3H3;/q2*-1;+2/t5-,6+,8+,9+,10+;;/m0../s1. The van der Waals surface area contributed by atoms with E-state index in [-0.39, 0.29) is 27.5 Å². The van der Waals surface area contributed by atoms with Crippen LogP contribution in [0.5, 0.6) is 0 Å². The second-order valence-electron chi connectivity index (χ2n) is 6.05. The Bertz CT molecular complexity index is 406. The zero-order valence-electron chi connectivity index (χ0n) is 14.7.